The van der Waals surface area contributed by atoms with Crippen molar-refractivity contribution in [2.75, 3.05) is 13.2 Å². The molecule has 1 aliphatic heterocycles. The Morgan fingerprint density at radius 3 is 2.77 bits per heavy atom. The highest BCUT2D eigenvalue weighted by molar-refractivity contribution is 6.42. The first-order chi connectivity index (χ1) is 14.5. The first-order valence-corrected chi connectivity index (χ1v) is 10.2. The monoisotopic (exact) mass is 449 g/mol. The number of ether oxygens (including phenoxy) is 2. The summed E-state index contributed by atoms with van der Waals surface area (Å²) in [5.74, 6) is -1.05. The average Bonchev–Trinajstić information content (AvgIpc) is 3.27. The van der Waals surface area contributed by atoms with E-state index in [1.165, 1.54) is 6.21 Å². The van der Waals surface area contributed by atoms with E-state index in [2.05, 4.69) is 15.8 Å². The quantitative estimate of drug-likeness (QED) is 0.385. The highest BCUT2D eigenvalue weighted by Crippen LogP contribution is 2.24. The lowest BCUT2D eigenvalue weighted by Crippen LogP contribution is -2.41. The van der Waals surface area contributed by atoms with Crippen LogP contribution in [0.5, 0.6) is 5.75 Å². The van der Waals surface area contributed by atoms with Crippen molar-refractivity contribution in [3.63, 3.8) is 0 Å². The van der Waals surface area contributed by atoms with Gasteiger partial charge in [-0.05, 0) is 42.7 Å². The van der Waals surface area contributed by atoms with Crippen LogP contribution >= 0.6 is 23.2 Å². The molecule has 0 aliphatic carbocycles. The van der Waals surface area contributed by atoms with Gasteiger partial charge in [-0.25, -0.2) is 5.43 Å². The summed E-state index contributed by atoms with van der Waals surface area (Å²) >= 11 is 11.9. The van der Waals surface area contributed by atoms with Gasteiger partial charge in [-0.1, -0.05) is 41.4 Å². The third-order valence-electron chi connectivity index (χ3n) is 4.39. The summed E-state index contributed by atoms with van der Waals surface area (Å²) in [5, 5.41) is 7.31. The van der Waals surface area contributed by atoms with Crippen LogP contribution in [-0.2, 0) is 20.9 Å². The van der Waals surface area contributed by atoms with Gasteiger partial charge in [0.15, 0.2) is 0 Å². The highest BCUT2D eigenvalue weighted by Gasteiger charge is 2.19. The topological polar surface area (TPSA) is 89.0 Å². The maximum atomic E-state index is 11.9. The van der Waals surface area contributed by atoms with Crippen molar-refractivity contribution in [1.29, 1.82) is 0 Å². The average molecular weight is 450 g/mol. The fraction of sp³-hybridized carbons (Fsp3) is 0.286. The number of carbonyl (C=O) groups is 2. The van der Waals surface area contributed by atoms with E-state index in [1.807, 2.05) is 18.2 Å². The summed E-state index contributed by atoms with van der Waals surface area (Å²) < 4.78 is 11.2. The van der Waals surface area contributed by atoms with Crippen LogP contribution in [0.25, 0.3) is 0 Å². The van der Waals surface area contributed by atoms with Gasteiger partial charge in [0.1, 0.15) is 12.4 Å². The van der Waals surface area contributed by atoms with E-state index in [0.717, 1.165) is 18.4 Å². The van der Waals surface area contributed by atoms with Crippen LogP contribution in [0.2, 0.25) is 10.0 Å². The first kappa shape index (κ1) is 22.1. The van der Waals surface area contributed by atoms with Crippen molar-refractivity contribution < 1.29 is 19.1 Å². The predicted octanol–water partition coefficient (Wildman–Crippen LogP) is 3.32. The van der Waals surface area contributed by atoms with Crippen LogP contribution in [0.3, 0.4) is 0 Å². The number of rotatable bonds is 7. The van der Waals surface area contributed by atoms with Crippen LogP contribution in [0.4, 0.5) is 0 Å². The molecule has 2 aromatic rings. The van der Waals surface area contributed by atoms with E-state index in [0.29, 0.717) is 34.5 Å². The van der Waals surface area contributed by atoms with Crippen LogP contribution < -0.4 is 15.5 Å². The maximum Gasteiger partial charge on any atom is 0.329 e. The van der Waals surface area contributed by atoms with Crippen molar-refractivity contribution in [1.82, 2.24) is 10.7 Å². The molecule has 158 valence electrons. The molecule has 0 spiro atoms. The molecule has 1 heterocycles. The Labute approximate surface area is 184 Å². The van der Waals surface area contributed by atoms with Gasteiger partial charge in [0, 0.05) is 18.7 Å². The largest absolute Gasteiger partial charge is 0.488 e. The smallest absolute Gasteiger partial charge is 0.329 e. The lowest BCUT2D eigenvalue weighted by Gasteiger charge is -2.10. The Hall–Kier alpha value is -2.61. The normalized spacial score (nSPS) is 15.9. The van der Waals surface area contributed by atoms with Crippen molar-refractivity contribution in [2.24, 2.45) is 5.10 Å². The number of hydrazone groups is 1. The van der Waals surface area contributed by atoms with E-state index in [4.69, 9.17) is 32.7 Å². The van der Waals surface area contributed by atoms with Crippen molar-refractivity contribution in [3.05, 3.63) is 63.6 Å². The highest BCUT2D eigenvalue weighted by atomic mass is 35.5. The molecule has 30 heavy (non-hydrogen) atoms. The molecule has 2 N–H and O–H groups in total. The zero-order valence-corrected chi connectivity index (χ0v) is 17.6. The number of hydrogen-bond donors (Lipinski definition) is 2. The number of nitrogens with one attached hydrogen (secondary N) is 2. The molecule has 1 aliphatic rings. The Morgan fingerprint density at radius 2 is 2.00 bits per heavy atom. The molecule has 1 atom stereocenters. The summed E-state index contributed by atoms with van der Waals surface area (Å²) in [6.07, 6.45) is 3.21. The number of amides is 2. The maximum absolute atomic E-state index is 11.9. The number of carbonyl (C=O) groups excluding carboxylic acids is 2. The molecule has 1 saturated heterocycles. The predicted molar refractivity (Wildman–Crippen MR) is 115 cm³/mol. The van der Waals surface area contributed by atoms with Gasteiger partial charge < -0.3 is 14.8 Å². The minimum Gasteiger partial charge on any atom is -0.488 e. The van der Waals surface area contributed by atoms with Crippen LogP contribution in [0.15, 0.2) is 47.6 Å². The zero-order chi connectivity index (χ0) is 21.3. The van der Waals surface area contributed by atoms with Gasteiger partial charge in [-0.15, -0.1) is 0 Å². The molecule has 0 unspecified atom stereocenters. The van der Waals surface area contributed by atoms with E-state index < -0.39 is 11.8 Å². The second-order valence-electron chi connectivity index (χ2n) is 6.62. The lowest BCUT2D eigenvalue weighted by atomic mass is 10.2. The number of benzene rings is 2. The molecular weight excluding hydrogens is 429 g/mol. The second kappa shape index (κ2) is 11.0. The molecule has 7 nitrogen and oxygen atoms in total. The lowest BCUT2D eigenvalue weighted by molar-refractivity contribution is -0.139. The number of para-hydroxylation sites is 1. The van der Waals surface area contributed by atoms with Gasteiger partial charge in [0.2, 0.25) is 0 Å². The third-order valence-corrected chi connectivity index (χ3v) is 5.13. The molecule has 0 bridgehead atoms. The van der Waals surface area contributed by atoms with Gasteiger partial charge >= 0.3 is 11.8 Å². The molecule has 2 amide bonds. The molecule has 3 rings (SSSR count). The van der Waals surface area contributed by atoms with E-state index >= 15 is 0 Å². The standard InChI is InChI=1S/C21H21Cl2N3O4/c22-17-8-7-14(10-18(17)23)13-30-19-6-2-1-4-15(19)11-25-26-21(28)20(27)24-12-16-5-3-9-29-16/h1-2,4,6-8,10-11,16H,3,5,9,12-13H2,(H,24,27)(H,26,28)/b25-11-/t16-/m1/s1. The Kier molecular flexibility index (Phi) is 8.07. The molecule has 2 aromatic carbocycles. The summed E-state index contributed by atoms with van der Waals surface area (Å²) in [5.41, 5.74) is 3.70. The summed E-state index contributed by atoms with van der Waals surface area (Å²) in [7, 11) is 0. The van der Waals surface area contributed by atoms with Gasteiger partial charge in [-0.2, -0.15) is 5.10 Å². The van der Waals surface area contributed by atoms with Gasteiger partial charge in [0.05, 0.1) is 22.4 Å². The molecular formula is C21H21Cl2N3O4. The third kappa shape index (κ3) is 6.45. The fourth-order valence-electron chi connectivity index (χ4n) is 2.81. The van der Waals surface area contributed by atoms with E-state index in [9.17, 15) is 9.59 Å². The Balaban J connectivity index is 1.51. The molecule has 1 fully saturated rings. The number of hydrogen-bond acceptors (Lipinski definition) is 5. The van der Waals surface area contributed by atoms with Crippen LogP contribution in [-0.4, -0.2) is 37.3 Å². The minimum atomic E-state index is -0.849. The van der Waals surface area contributed by atoms with Crippen molar-refractivity contribution >= 4 is 41.2 Å². The summed E-state index contributed by atoms with van der Waals surface area (Å²) in [4.78, 5) is 23.7. The molecule has 9 heteroatoms. The Morgan fingerprint density at radius 1 is 1.17 bits per heavy atom. The van der Waals surface area contributed by atoms with Gasteiger partial charge in [0.25, 0.3) is 0 Å². The van der Waals surface area contributed by atoms with E-state index in [1.54, 1.807) is 24.3 Å². The minimum absolute atomic E-state index is 0.0372. The van der Waals surface area contributed by atoms with Crippen LogP contribution in [0, 0.1) is 0 Å². The zero-order valence-electron chi connectivity index (χ0n) is 16.1. The van der Waals surface area contributed by atoms with Gasteiger partial charge in [-0.3, -0.25) is 9.59 Å². The SMILES string of the molecule is O=C(NC[C@H]1CCCO1)C(=O)N/N=C\c1ccccc1OCc1ccc(Cl)c(Cl)c1. The molecule has 0 radical (unpaired) electrons. The second-order valence-corrected chi connectivity index (χ2v) is 7.43. The van der Waals surface area contributed by atoms with Crippen molar-refractivity contribution in [2.45, 2.75) is 25.6 Å². The van der Waals surface area contributed by atoms with Crippen LogP contribution in [0.1, 0.15) is 24.0 Å². The first-order valence-electron chi connectivity index (χ1n) is 9.41. The van der Waals surface area contributed by atoms with E-state index in [-0.39, 0.29) is 12.7 Å². The summed E-state index contributed by atoms with van der Waals surface area (Å²) in [6.45, 7) is 1.27. The number of halogens is 2. The molecule has 0 saturated carbocycles. The Bertz CT molecular complexity index is 930. The molecule has 0 aromatic heterocycles. The summed E-state index contributed by atoms with van der Waals surface area (Å²) in [6, 6.07) is 12.4. The number of nitrogens with zero attached hydrogens (tertiary/aromatic N) is 1. The fourth-order valence-corrected chi connectivity index (χ4v) is 3.13. The van der Waals surface area contributed by atoms with Crippen molar-refractivity contribution in [3.8, 4) is 5.75 Å².